The summed E-state index contributed by atoms with van der Waals surface area (Å²) in [4.78, 5) is 16.8. The Balaban J connectivity index is 1.65. The van der Waals surface area contributed by atoms with Gasteiger partial charge in [-0.2, -0.15) is 0 Å². The maximum absolute atomic E-state index is 12.3. The van der Waals surface area contributed by atoms with E-state index in [1.54, 1.807) is 0 Å². The van der Waals surface area contributed by atoms with E-state index in [0.29, 0.717) is 0 Å². The van der Waals surface area contributed by atoms with Gasteiger partial charge >= 0.3 is 0 Å². The Bertz CT molecular complexity index is 676. The highest BCUT2D eigenvalue weighted by Gasteiger charge is 2.45. The number of nitrogens with two attached hydrogens (primary N) is 1. The van der Waals surface area contributed by atoms with E-state index in [1.807, 2.05) is 0 Å². The van der Waals surface area contributed by atoms with Gasteiger partial charge in [-0.25, -0.2) is 0 Å². The van der Waals surface area contributed by atoms with Crippen LogP contribution in [0.4, 0.5) is 5.69 Å². The van der Waals surface area contributed by atoms with Gasteiger partial charge in [0, 0.05) is 18.8 Å². The molecule has 0 radical (unpaired) electrons. The zero-order valence-corrected chi connectivity index (χ0v) is 16.7. The molecule has 0 aliphatic carbocycles. The van der Waals surface area contributed by atoms with Gasteiger partial charge in [-0.15, -0.1) is 0 Å². The SMILES string of the molecule is Cc1ccc(C)c(NC(=S)N2CCC(C(N)=O)(N3CCCCC3)CC2)c1. The Labute approximate surface area is 161 Å². The molecule has 2 heterocycles. The van der Waals surface area contributed by atoms with Gasteiger partial charge in [-0.05, 0) is 82.0 Å². The third-order valence-electron chi connectivity index (χ3n) is 5.93. The van der Waals surface area contributed by atoms with E-state index >= 15 is 0 Å². The summed E-state index contributed by atoms with van der Waals surface area (Å²) in [6.45, 7) is 7.64. The number of carbonyl (C=O) groups excluding carboxylic acids is 1. The second-order valence-electron chi connectivity index (χ2n) is 7.68. The third kappa shape index (κ3) is 3.86. The predicted molar refractivity (Wildman–Crippen MR) is 110 cm³/mol. The fraction of sp³-hybridized carbons (Fsp3) is 0.600. The van der Waals surface area contributed by atoms with Gasteiger partial charge in [0.15, 0.2) is 5.11 Å². The van der Waals surface area contributed by atoms with Gasteiger partial charge in [0.05, 0.1) is 0 Å². The molecular weight excluding hydrogens is 344 g/mol. The van der Waals surface area contributed by atoms with E-state index in [9.17, 15) is 4.79 Å². The standard InChI is InChI=1S/C20H30N4OS/c1-15-6-7-16(2)17(14-15)22-19(26)23-12-8-20(9-13-23,18(21)25)24-10-4-3-5-11-24/h6-7,14H,3-5,8-13H2,1-2H3,(H2,21,25)(H,22,26). The molecule has 0 spiro atoms. The van der Waals surface area contributed by atoms with Crippen LogP contribution in [0.25, 0.3) is 0 Å². The van der Waals surface area contributed by atoms with E-state index in [2.05, 4.69) is 47.2 Å². The molecule has 1 aromatic carbocycles. The summed E-state index contributed by atoms with van der Waals surface area (Å²) in [6, 6.07) is 6.32. The molecule has 3 rings (SSSR count). The molecule has 1 amide bonds. The van der Waals surface area contributed by atoms with Crippen LogP contribution in [-0.2, 0) is 4.79 Å². The Morgan fingerprint density at radius 2 is 1.77 bits per heavy atom. The van der Waals surface area contributed by atoms with Crippen LogP contribution in [0, 0.1) is 13.8 Å². The second kappa shape index (κ2) is 7.92. The predicted octanol–water partition coefficient (Wildman–Crippen LogP) is 2.81. The van der Waals surface area contributed by atoms with Gasteiger partial charge in [-0.3, -0.25) is 9.69 Å². The minimum absolute atomic E-state index is 0.174. The number of nitrogens with zero attached hydrogens (tertiary/aromatic N) is 2. The number of aryl methyl sites for hydroxylation is 2. The van der Waals surface area contributed by atoms with Gasteiger partial charge < -0.3 is 16.0 Å². The van der Waals surface area contributed by atoms with Crippen LogP contribution >= 0.6 is 12.2 Å². The highest BCUT2D eigenvalue weighted by molar-refractivity contribution is 7.80. The molecule has 6 heteroatoms. The molecule has 2 aliphatic rings. The van der Waals surface area contributed by atoms with Crippen LogP contribution in [0.2, 0.25) is 0 Å². The maximum Gasteiger partial charge on any atom is 0.238 e. The third-order valence-corrected chi connectivity index (χ3v) is 6.29. The summed E-state index contributed by atoms with van der Waals surface area (Å²) < 4.78 is 0. The number of hydrogen-bond donors (Lipinski definition) is 2. The largest absolute Gasteiger partial charge is 0.368 e. The van der Waals surface area contributed by atoms with Crippen molar-refractivity contribution in [3.05, 3.63) is 29.3 Å². The molecule has 1 aromatic rings. The van der Waals surface area contributed by atoms with E-state index in [0.717, 1.165) is 62.7 Å². The fourth-order valence-corrected chi connectivity index (χ4v) is 4.48. The zero-order valence-electron chi connectivity index (χ0n) is 15.9. The Hall–Kier alpha value is -1.66. The Morgan fingerprint density at radius 1 is 1.12 bits per heavy atom. The number of hydrogen-bond acceptors (Lipinski definition) is 3. The molecule has 3 N–H and O–H groups in total. The van der Waals surface area contributed by atoms with E-state index in [4.69, 9.17) is 18.0 Å². The Morgan fingerprint density at radius 3 is 2.38 bits per heavy atom. The average molecular weight is 375 g/mol. The second-order valence-corrected chi connectivity index (χ2v) is 8.07. The van der Waals surface area contributed by atoms with Gasteiger partial charge in [0.2, 0.25) is 5.91 Å². The number of primary amides is 1. The minimum Gasteiger partial charge on any atom is -0.368 e. The first-order valence-electron chi connectivity index (χ1n) is 9.60. The lowest BCUT2D eigenvalue weighted by molar-refractivity contribution is -0.134. The molecule has 5 nitrogen and oxygen atoms in total. The first-order valence-corrected chi connectivity index (χ1v) is 10.0. The van der Waals surface area contributed by atoms with Crippen molar-refractivity contribution in [3.63, 3.8) is 0 Å². The first kappa shape index (κ1) is 19.1. The summed E-state index contributed by atoms with van der Waals surface area (Å²) in [6.07, 6.45) is 5.06. The molecule has 0 aromatic heterocycles. The van der Waals surface area contributed by atoms with E-state index < -0.39 is 5.54 Å². The minimum atomic E-state index is -0.494. The molecule has 0 atom stereocenters. The molecule has 26 heavy (non-hydrogen) atoms. The van der Waals surface area contributed by atoms with Crippen molar-refractivity contribution < 1.29 is 4.79 Å². The summed E-state index contributed by atoms with van der Waals surface area (Å²) in [5.41, 5.74) is 8.81. The number of piperidine rings is 2. The first-order chi connectivity index (χ1) is 12.4. The highest BCUT2D eigenvalue weighted by Crippen LogP contribution is 2.32. The summed E-state index contributed by atoms with van der Waals surface area (Å²) in [5.74, 6) is -0.174. The van der Waals surface area contributed by atoms with Crippen molar-refractivity contribution in [2.24, 2.45) is 5.73 Å². The number of thiocarbonyl (C=S) groups is 1. The smallest absolute Gasteiger partial charge is 0.238 e. The van der Waals surface area contributed by atoms with Crippen LogP contribution in [0.5, 0.6) is 0 Å². The number of anilines is 1. The highest BCUT2D eigenvalue weighted by atomic mass is 32.1. The number of likely N-dealkylation sites (tertiary alicyclic amines) is 2. The van der Waals surface area contributed by atoms with E-state index in [-0.39, 0.29) is 5.91 Å². The Kier molecular flexibility index (Phi) is 5.82. The molecule has 2 fully saturated rings. The average Bonchev–Trinajstić information content (AvgIpc) is 2.65. The molecule has 0 unspecified atom stereocenters. The number of carbonyl (C=O) groups is 1. The number of nitrogens with one attached hydrogen (secondary N) is 1. The van der Waals surface area contributed by atoms with Crippen molar-refractivity contribution in [1.29, 1.82) is 0 Å². The van der Waals surface area contributed by atoms with Crippen molar-refractivity contribution in [2.75, 3.05) is 31.5 Å². The van der Waals surface area contributed by atoms with Crippen LogP contribution in [-0.4, -0.2) is 52.5 Å². The zero-order chi connectivity index (χ0) is 18.7. The summed E-state index contributed by atoms with van der Waals surface area (Å²) in [7, 11) is 0. The van der Waals surface area contributed by atoms with Crippen molar-refractivity contribution >= 4 is 28.9 Å². The number of benzene rings is 1. The molecule has 142 valence electrons. The topological polar surface area (TPSA) is 61.6 Å². The number of amides is 1. The van der Waals surface area contributed by atoms with Gasteiger partial charge in [-0.1, -0.05) is 18.6 Å². The monoisotopic (exact) mass is 374 g/mol. The van der Waals surface area contributed by atoms with Crippen molar-refractivity contribution in [1.82, 2.24) is 9.80 Å². The van der Waals surface area contributed by atoms with Crippen LogP contribution in [0.1, 0.15) is 43.2 Å². The lowest BCUT2D eigenvalue weighted by Gasteiger charge is -2.48. The molecule has 0 bridgehead atoms. The quantitative estimate of drug-likeness (QED) is 0.797. The van der Waals surface area contributed by atoms with Crippen LogP contribution in [0.15, 0.2) is 18.2 Å². The molecule has 2 saturated heterocycles. The molecular formula is C20H30N4OS. The van der Waals surface area contributed by atoms with Gasteiger partial charge in [0.1, 0.15) is 5.54 Å². The lowest BCUT2D eigenvalue weighted by atomic mass is 9.83. The van der Waals surface area contributed by atoms with Crippen LogP contribution < -0.4 is 11.1 Å². The van der Waals surface area contributed by atoms with Crippen molar-refractivity contribution in [2.45, 2.75) is 51.5 Å². The summed E-state index contributed by atoms with van der Waals surface area (Å²) in [5, 5.41) is 4.12. The van der Waals surface area contributed by atoms with E-state index in [1.165, 1.54) is 17.5 Å². The summed E-state index contributed by atoms with van der Waals surface area (Å²) >= 11 is 5.64. The van der Waals surface area contributed by atoms with Gasteiger partial charge in [0.25, 0.3) is 0 Å². The van der Waals surface area contributed by atoms with Crippen molar-refractivity contribution in [3.8, 4) is 0 Å². The molecule has 0 saturated carbocycles. The molecule has 2 aliphatic heterocycles. The normalized spacial score (nSPS) is 20.6. The number of rotatable bonds is 3. The maximum atomic E-state index is 12.3. The lowest BCUT2D eigenvalue weighted by Crippen LogP contribution is -2.64. The fourth-order valence-electron chi connectivity index (χ4n) is 4.18. The van der Waals surface area contributed by atoms with Crippen LogP contribution in [0.3, 0.4) is 0 Å².